The van der Waals surface area contributed by atoms with E-state index in [0.717, 1.165) is 5.56 Å². The van der Waals surface area contributed by atoms with E-state index in [1.807, 2.05) is 0 Å². The van der Waals surface area contributed by atoms with Crippen LogP contribution in [0.5, 0.6) is 0 Å². The standard InChI is InChI=1S/C12H15Cl2NO3S/c13-10-1-2-11(14)8(6-10)5-9-7-18-4-3-12(9)19(15,16)17/h1-2,6,9,12H,3-5,7H2,(H2,15,16,17)/t9-,12+/m1/s1. The molecule has 1 aromatic carbocycles. The summed E-state index contributed by atoms with van der Waals surface area (Å²) in [5, 5.41) is 5.84. The van der Waals surface area contributed by atoms with E-state index in [9.17, 15) is 8.42 Å². The molecule has 1 fully saturated rings. The van der Waals surface area contributed by atoms with Gasteiger partial charge in [-0.05, 0) is 36.6 Å². The number of hydrogen-bond donors (Lipinski definition) is 1. The van der Waals surface area contributed by atoms with Gasteiger partial charge in [0.25, 0.3) is 0 Å². The lowest BCUT2D eigenvalue weighted by molar-refractivity contribution is 0.0573. The first-order valence-electron chi connectivity index (χ1n) is 5.91. The molecule has 1 aliphatic heterocycles. The first-order chi connectivity index (χ1) is 8.88. The fourth-order valence-corrected chi connectivity index (χ4v) is 3.91. The van der Waals surface area contributed by atoms with E-state index in [4.69, 9.17) is 33.1 Å². The highest BCUT2D eigenvalue weighted by Gasteiger charge is 2.34. The van der Waals surface area contributed by atoms with Crippen molar-refractivity contribution >= 4 is 33.2 Å². The summed E-state index contributed by atoms with van der Waals surface area (Å²) in [5.41, 5.74) is 0.818. The number of sulfonamides is 1. The zero-order valence-corrected chi connectivity index (χ0v) is 12.5. The number of nitrogens with two attached hydrogens (primary N) is 1. The SMILES string of the molecule is NS(=O)(=O)[C@H]1CCOC[C@H]1Cc1cc(Cl)ccc1Cl. The van der Waals surface area contributed by atoms with Crippen molar-refractivity contribution in [3.63, 3.8) is 0 Å². The summed E-state index contributed by atoms with van der Waals surface area (Å²) in [4.78, 5) is 0. The lowest BCUT2D eigenvalue weighted by Gasteiger charge is -2.30. The molecule has 1 saturated heterocycles. The lowest BCUT2D eigenvalue weighted by Crippen LogP contribution is -2.42. The van der Waals surface area contributed by atoms with E-state index in [2.05, 4.69) is 0 Å². The number of benzene rings is 1. The average Bonchev–Trinajstić information content (AvgIpc) is 2.33. The van der Waals surface area contributed by atoms with Gasteiger partial charge in [-0.1, -0.05) is 23.2 Å². The molecule has 0 aliphatic carbocycles. The number of hydrogen-bond acceptors (Lipinski definition) is 3. The molecule has 0 saturated carbocycles. The minimum atomic E-state index is -3.57. The Morgan fingerprint density at radius 2 is 2.11 bits per heavy atom. The van der Waals surface area contributed by atoms with E-state index >= 15 is 0 Å². The first kappa shape index (κ1) is 15.1. The molecule has 2 atom stereocenters. The van der Waals surface area contributed by atoms with Crippen LogP contribution in [0.2, 0.25) is 10.0 Å². The third-order valence-electron chi connectivity index (χ3n) is 3.32. The van der Waals surface area contributed by atoms with Crippen LogP contribution in [-0.4, -0.2) is 26.9 Å². The molecule has 0 amide bonds. The van der Waals surface area contributed by atoms with Gasteiger partial charge in [0.15, 0.2) is 0 Å². The van der Waals surface area contributed by atoms with Gasteiger partial charge in [0.05, 0.1) is 11.9 Å². The maximum Gasteiger partial charge on any atom is 0.212 e. The summed E-state index contributed by atoms with van der Waals surface area (Å²) < 4.78 is 28.6. The van der Waals surface area contributed by atoms with Gasteiger partial charge < -0.3 is 4.74 Å². The number of primary sulfonamides is 1. The van der Waals surface area contributed by atoms with Gasteiger partial charge in [-0.2, -0.15) is 0 Å². The van der Waals surface area contributed by atoms with Crippen LogP contribution >= 0.6 is 23.2 Å². The Morgan fingerprint density at radius 3 is 2.79 bits per heavy atom. The largest absolute Gasteiger partial charge is 0.381 e. The highest BCUT2D eigenvalue weighted by atomic mass is 35.5. The molecule has 1 aromatic rings. The van der Waals surface area contributed by atoms with Crippen molar-refractivity contribution in [1.82, 2.24) is 0 Å². The number of rotatable bonds is 3. The Hall–Kier alpha value is -0.330. The van der Waals surface area contributed by atoms with Gasteiger partial charge in [-0.15, -0.1) is 0 Å². The van der Waals surface area contributed by atoms with Crippen LogP contribution in [0, 0.1) is 5.92 Å². The molecule has 0 aromatic heterocycles. The van der Waals surface area contributed by atoms with Crippen molar-refractivity contribution in [1.29, 1.82) is 0 Å². The minimum absolute atomic E-state index is 0.195. The van der Waals surface area contributed by atoms with Crippen molar-refractivity contribution in [3.05, 3.63) is 33.8 Å². The maximum absolute atomic E-state index is 11.6. The van der Waals surface area contributed by atoms with Crippen LogP contribution in [-0.2, 0) is 21.2 Å². The molecule has 106 valence electrons. The molecular formula is C12H15Cl2NO3S. The average molecular weight is 324 g/mol. The van der Waals surface area contributed by atoms with Crippen molar-refractivity contribution in [2.75, 3.05) is 13.2 Å². The zero-order valence-electron chi connectivity index (χ0n) is 10.2. The van der Waals surface area contributed by atoms with Crippen LogP contribution in [0.15, 0.2) is 18.2 Å². The van der Waals surface area contributed by atoms with E-state index in [-0.39, 0.29) is 5.92 Å². The highest BCUT2D eigenvalue weighted by Crippen LogP contribution is 2.28. The molecule has 0 bridgehead atoms. The summed E-state index contributed by atoms with van der Waals surface area (Å²) in [6.07, 6.45) is 0.905. The Kier molecular flexibility index (Phi) is 4.74. The van der Waals surface area contributed by atoms with Gasteiger partial charge in [0.1, 0.15) is 0 Å². The molecule has 0 spiro atoms. The third-order valence-corrected chi connectivity index (χ3v) is 5.38. The summed E-state index contributed by atoms with van der Waals surface area (Å²) in [7, 11) is -3.57. The first-order valence-corrected chi connectivity index (χ1v) is 8.28. The molecule has 0 radical (unpaired) electrons. The van der Waals surface area contributed by atoms with E-state index in [1.54, 1.807) is 18.2 Å². The fourth-order valence-electron chi connectivity index (χ4n) is 2.38. The van der Waals surface area contributed by atoms with Gasteiger partial charge in [-0.25, -0.2) is 13.6 Å². The minimum Gasteiger partial charge on any atom is -0.381 e. The second kappa shape index (κ2) is 5.97. The van der Waals surface area contributed by atoms with Crippen LogP contribution in [0.4, 0.5) is 0 Å². The summed E-state index contributed by atoms with van der Waals surface area (Å²) in [6, 6.07) is 5.15. The molecule has 1 aliphatic rings. The van der Waals surface area contributed by atoms with Crippen molar-refractivity contribution in [2.45, 2.75) is 18.1 Å². The Balaban J connectivity index is 2.22. The van der Waals surface area contributed by atoms with Crippen molar-refractivity contribution < 1.29 is 13.2 Å². The lowest BCUT2D eigenvalue weighted by atomic mass is 9.93. The second-order valence-electron chi connectivity index (χ2n) is 4.69. The van der Waals surface area contributed by atoms with Crippen molar-refractivity contribution in [3.8, 4) is 0 Å². The topological polar surface area (TPSA) is 69.4 Å². The molecule has 0 unspecified atom stereocenters. The molecular weight excluding hydrogens is 309 g/mol. The quantitative estimate of drug-likeness (QED) is 0.927. The highest BCUT2D eigenvalue weighted by molar-refractivity contribution is 7.89. The molecule has 7 heteroatoms. The van der Waals surface area contributed by atoms with Crippen LogP contribution in [0.25, 0.3) is 0 Å². The smallest absolute Gasteiger partial charge is 0.212 e. The monoisotopic (exact) mass is 323 g/mol. The molecule has 2 N–H and O–H groups in total. The maximum atomic E-state index is 11.6. The van der Waals surface area contributed by atoms with Gasteiger partial charge in [0.2, 0.25) is 10.0 Å². The predicted molar refractivity (Wildman–Crippen MR) is 76.0 cm³/mol. The van der Waals surface area contributed by atoms with Crippen LogP contribution < -0.4 is 5.14 Å². The Bertz CT molecular complexity index is 562. The Labute approximate surface area is 122 Å². The predicted octanol–water partition coefficient (Wildman–Crippen LogP) is 2.23. The molecule has 19 heavy (non-hydrogen) atoms. The zero-order chi connectivity index (χ0) is 14.0. The van der Waals surface area contributed by atoms with Crippen molar-refractivity contribution in [2.24, 2.45) is 11.1 Å². The molecule has 4 nitrogen and oxygen atoms in total. The van der Waals surface area contributed by atoms with Gasteiger partial charge in [-0.3, -0.25) is 0 Å². The fraction of sp³-hybridized carbons (Fsp3) is 0.500. The van der Waals surface area contributed by atoms with Gasteiger partial charge in [0, 0.05) is 22.6 Å². The molecule has 1 heterocycles. The van der Waals surface area contributed by atoms with Gasteiger partial charge >= 0.3 is 0 Å². The molecule has 2 rings (SSSR count). The third kappa shape index (κ3) is 3.83. The van der Waals surface area contributed by atoms with E-state index in [1.165, 1.54) is 0 Å². The number of halogens is 2. The summed E-state index contributed by atoms with van der Waals surface area (Å²) in [6.45, 7) is 0.783. The van der Waals surface area contributed by atoms with Crippen LogP contribution in [0.3, 0.4) is 0 Å². The second-order valence-corrected chi connectivity index (χ2v) is 7.32. The normalized spacial score (nSPS) is 24.4. The number of ether oxygens (including phenoxy) is 1. The van der Waals surface area contributed by atoms with Crippen LogP contribution in [0.1, 0.15) is 12.0 Å². The van der Waals surface area contributed by atoms with E-state index in [0.29, 0.717) is 36.1 Å². The Morgan fingerprint density at radius 1 is 1.37 bits per heavy atom. The summed E-state index contributed by atoms with van der Waals surface area (Å²) in [5.74, 6) is -0.195. The van der Waals surface area contributed by atoms with E-state index < -0.39 is 15.3 Å². The summed E-state index contributed by atoms with van der Waals surface area (Å²) >= 11 is 12.0.